The summed E-state index contributed by atoms with van der Waals surface area (Å²) < 4.78 is 35.4. The summed E-state index contributed by atoms with van der Waals surface area (Å²) in [4.78, 5) is 26.3. The Bertz CT molecular complexity index is 474. The average molecular weight is 276 g/mol. The number of rotatable bonds is 4. The van der Waals surface area contributed by atoms with Crippen molar-refractivity contribution in [2.45, 2.75) is 13.1 Å². The number of hydrogen-bond acceptors (Lipinski definition) is 3. The Balaban J connectivity index is 2.59. The number of carbonyl (C=O) groups excluding carboxylic acids is 2. The quantitative estimate of drug-likeness (QED) is 0.825. The van der Waals surface area contributed by atoms with Gasteiger partial charge in [0, 0.05) is 18.2 Å². The molecule has 1 rings (SSSR count). The van der Waals surface area contributed by atoms with Crippen LogP contribution >= 0.6 is 0 Å². The van der Waals surface area contributed by atoms with E-state index in [1.165, 1.54) is 31.2 Å². The Morgan fingerprint density at radius 1 is 1.32 bits per heavy atom. The first-order valence-electron chi connectivity index (χ1n) is 5.14. The van der Waals surface area contributed by atoms with Crippen molar-refractivity contribution >= 4 is 17.5 Å². The Labute approximate surface area is 106 Å². The lowest BCUT2D eigenvalue weighted by atomic mass is 10.2. The van der Waals surface area contributed by atoms with Gasteiger partial charge in [0.1, 0.15) is 0 Å². The van der Waals surface area contributed by atoms with E-state index in [1.54, 1.807) is 5.48 Å². The minimum absolute atomic E-state index is 0.0634. The molecular weight excluding hydrogens is 265 g/mol. The van der Waals surface area contributed by atoms with Crippen LogP contribution in [0.2, 0.25) is 0 Å². The summed E-state index contributed by atoms with van der Waals surface area (Å²) in [5, 5.41) is 2.44. The second-order valence-electron chi connectivity index (χ2n) is 3.60. The number of anilines is 1. The van der Waals surface area contributed by atoms with E-state index in [2.05, 4.69) is 10.2 Å². The third kappa shape index (κ3) is 5.87. The van der Waals surface area contributed by atoms with Gasteiger partial charge in [-0.25, -0.2) is 5.48 Å². The third-order valence-electron chi connectivity index (χ3n) is 1.85. The molecule has 1 aromatic rings. The SMILES string of the molecule is CC(=O)Nc1cccc(C(=O)NOCC(F)(F)F)c1. The molecule has 0 aromatic heterocycles. The standard InChI is InChI=1S/C11H11F3N2O3/c1-7(17)15-9-4-2-3-8(5-9)10(18)16-19-6-11(12,13)14/h2-5H,6H2,1H3,(H,15,17)(H,16,18). The molecule has 0 heterocycles. The summed E-state index contributed by atoms with van der Waals surface area (Å²) >= 11 is 0. The molecule has 0 aliphatic heterocycles. The topological polar surface area (TPSA) is 67.4 Å². The highest BCUT2D eigenvalue weighted by Crippen LogP contribution is 2.14. The molecule has 0 fully saturated rings. The van der Waals surface area contributed by atoms with Gasteiger partial charge in [-0.15, -0.1) is 0 Å². The lowest BCUT2D eigenvalue weighted by molar-refractivity contribution is -0.184. The fourth-order valence-corrected chi connectivity index (χ4v) is 1.18. The monoisotopic (exact) mass is 276 g/mol. The fourth-order valence-electron chi connectivity index (χ4n) is 1.18. The number of alkyl halides is 3. The number of benzene rings is 1. The van der Waals surface area contributed by atoms with E-state index >= 15 is 0 Å². The molecule has 0 saturated carbocycles. The third-order valence-corrected chi connectivity index (χ3v) is 1.85. The van der Waals surface area contributed by atoms with Crippen LogP contribution in [0.4, 0.5) is 18.9 Å². The Hall–Kier alpha value is -2.09. The molecule has 0 bridgehead atoms. The maximum absolute atomic E-state index is 11.8. The first-order valence-corrected chi connectivity index (χ1v) is 5.14. The van der Waals surface area contributed by atoms with Gasteiger partial charge in [-0.1, -0.05) is 6.07 Å². The van der Waals surface area contributed by atoms with Gasteiger partial charge in [-0.2, -0.15) is 13.2 Å². The van der Waals surface area contributed by atoms with Crippen LogP contribution in [-0.4, -0.2) is 24.6 Å². The molecule has 0 aliphatic rings. The molecule has 8 heteroatoms. The van der Waals surface area contributed by atoms with Gasteiger partial charge in [0.15, 0.2) is 6.61 Å². The minimum atomic E-state index is -4.52. The molecule has 0 unspecified atom stereocenters. The maximum atomic E-state index is 11.8. The van der Waals surface area contributed by atoms with Crippen LogP contribution in [0.25, 0.3) is 0 Å². The van der Waals surface area contributed by atoms with Gasteiger partial charge >= 0.3 is 6.18 Å². The highest BCUT2D eigenvalue weighted by molar-refractivity contribution is 5.96. The summed E-state index contributed by atoms with van der Waals surface area (Å²) in [7, 11) is 0. The maximum Gasteiger partial charge on any atom is 0.414 e. The minimum Gasteiger partial charge on any atom is -0.326 e. The molecule has 0 saturated heterocycles. The lowest BCUT2D eigenvalue weighted by Crippen LogP contribution is -2.29. The number of halogens is 3. The van der Waals surface area contributed by atoms with E-state index in [1.807, 2.05) is 0 Å². The number of hydroxylamine groups is 1. The van der Waals surface area contributed by atoms with Crippen LogP contribution in [0.1, 0.15) is 17.3 Å². The Morgan fingerprint density at radius 2 is 2.00 bits per heavy atom. The van der Waals surface area contributed by atoms with Gasteiger partial charge < -0.3 is 5.32 Å². The Morgan fingerprint density at radius 3 is 2.58 bits per heavy atom. The zero-order valence-electron chi connectivity index (χ0n) is 9.88. The van der Waals surface area contributed by atoms with E-state index in [4.69, 9.17) is 0 Å². The number of amides is 2. The fraction of sp³-hybridized carbons (Fsp3) is 0.273. The summed E-state index contributed by atoms with van der Waals surface area (Å²) in [5.74, 6) is -1.16. The molecule has 5 nitrogen and oxygen atoms in total. The van der Waals surface area contributed by atoms with Crippen molar-refractivity contribution in [1.82, 2.24) is 5.48 Å². The van der Waals surface area contributed by atoms with Gasteiger partial charge in [-0.05, 0) is 18.2 Å². The van der Waals surface area contributed by atoms with Crippen molar-refractivity contribution in [2.24, 2.45) is 0 Å². The predicted molar refractivity (Wildman–Crippen MR) is 60.2 cm³/mol. The normalized spacial score (nSPS) is 10.9. The van der Waals surface area contributed by atoms with E-state index < -0.39 is 18.7 Å². The van der Waals surface area contributed by atoms with Gasteiger partial charge in [0.2, 0.25) is 5.91 Å². The van der Waals surface area contributed by atoms with Gasteiger partial charge in [0.25, 0.3) is 5.91 Å². The summed E-state index contributed by atoms with van der Waals surface area (Å²) in [6.45, 7) is -0.288. The van der Waals surface area contributed by atoms with Gasteiger partial charge in [-0.3, -0.25) is 14.4 Å². The van der Waals surface area contributed by atoms with Crippen molar-refractivity contribution in [3.8, 4) is 0 Å². The summed E-state index contributed by atoms with van der Waals surface area (Å²) in [5.41, 5.74) is 2.09. The lowest BCUT2D eigenvalue weighted by Gasteiger charge is -2.09. The molecule has 0 atom stereocenters. The van der Waals surface area contributed by atoms with Crippen molar-refractivity contribution in [3.05, 3.63) is 29.8 Å². The van der Waals surface area contributed by atoms with E-state index in [9.17, 15) is 22.8 Å². The number of nitrogens with one attached hydrogen (secondary N) is 2. The molecule has 2 amide bonds. The van der Waals surface area contributed by atoms with Crippen molar-refractivity contribution in [3.63, 3.8) is 0 Å². The van der Waals surface area contributed by atoms with E-state index in [-0.39, 0.29) is 11.5 Å². The highest BCUT2D eigenvalue weighted by Gasteiger charge is 2.28. The van der Waals surface area contributed by atoms with Crippen molar-refractivity contribution in [1.29, 1.82) is 0 Å². The van der Waals surface area contributed by atoms with Crippen molar-refractivity contribution in [2.75, 3.05) is 11.9 Å². The van der Waals surface area contributed by atoms with Crippen molar-refractivity contribution < 1.29 is 27.6 Å². The molecule has 1 aromatic carbocycles. The summed E-state index contributed by atoms with van der Waals surface area (Å²) in [6, 6.07) is 5.70. The first kappa shape index (κ1) is 15.0. The average Bonchev–Trinajstić information content (AvgIpc) is 2.26. The first-order chi connectivity index (χ1) is 8.78. The largest absolute Gasteiger partial charge is 0.414 e. The Kier molecular flexibility index (Phi) is 4.87. The summed E-state index contributed by atoms with van der Waals surface area (Å²) in [6.07, 6.45) is -4.52. The second kappa shape index (κ2) is 6.19. The second-order valence-corrected chi connectivity index (χ2v) is 3.60. The molecule has 0 spiro atoms. The van der Waals surface area contributed by atoms with E-state index in [0.717, 1.165) is 0 Å². The molecule has 19 heavy (non-hydrogen) atoms. The number of carbonyl (C=O) groups is 2. The highest BCUT2D eigenvalue weighted by atomic mass is 19.4. The van der Waals surface area contributed by atoms with Gasteiger partial charge in [0.05, 0.1) is 0 Å². The number of hydrogen-bond donors (Lipinski definition) is 2. The van der Waals surface area contributed by atoms with Crippen LogP contribution in [0.3, 0.4) is 0 Å². The molecule has 104 valence electrons. The van der Waals surface area contributed by atoms with Crippen LogP contribution in [0.15, 0.2) is 24.3 Å². The molecule has 0 radical (unpaired) electrons. The zero-order chi connectivity index (χ0) is 14.5. The zero-order valence-corrected chi connectivity index (χ0v) is 9.88. The predicted octanol–water partition coefficient (Wildman–Crippen LogP) is 1.87. The van der Waals surface area contributed by atoms with Crippen LogP contribution in [-0.2, 0) is 9.63 Å². The molecule has 2 N–H and O–H groups in total. The van der Waals surface area contributed by atoms with Crippen LogP contribution in [0, 0.1) is 0 Å². The van der Waals surface area contributed by atoms with E-state index in [0.29, 0.717) is 5.69 Å². The van der Waals surface area contributed by atoms with Crippen LogP contribution in [0.5, 0.6) is 0 Å². The van der Waals surface area contributed by atoms with Crippen LogP contribution < -0.4 is 10.8 Å². The molecular formula is C11H11F3N2O3. The molecule has 0 aliphatic carbocycles. The smallest absolute Gasteiger partial charge is 0.326 e.